The first-order valence-electron chi connectivity index (χ1n) is 7.79. The highest BCUT2D eigenvalue weighted by molar-refractivity contribution is 5.79. The van der Waals surface area contributed by atoms with Crippen molar-refractivity contribution in [3.63, 3.8) is 0 Å². The van der Waals surface area contributed by atoms with Crippen molar-refractivity contribution in [2.24, 2.45) is 5.92 Å². The topological polar surface area (TPSA) is 38.8 Å². The summed E-state index contributed by atoms with van der Waals surface area (Å²) in [4.78, 5) is 14.8. The van der Waals surface area contributed by atoms with E-state index in [1.54, 1.807) is 7.11 Å². The van der Waals surface area contributed by atoms with Gasteiger partial charge in [0.2, 0.25) is 5.91 Å². The molecule has 0 N–H and O–H groups in total. The lowest BCUT2D eigenvalue weighted by Gasteiger charge is -2.29. The van der Waals surface area contributed by atoms with Crippen LogP contribution < -0.4 is 4.74 Å². The van der Waals surface area contributed by atoms with E-state index >= 15 is 0 Å². The molecule has 3 rings (SSSR count). The highest BCUT2D eigenvalue weighted by Crippen LogP contribution is 2.31. The normalized spacial score (nSPS) is 19.3. The van der Waals surface area contributed by atoms with E-state index in [2.05, 4.69) is 4.90 Å². The van der Waals surface area contributed by atoms with Crippen molar-refractivity contribution < 1.29 is 14.3 Å². The zero-order valence-corrected chi connectivity index (χ0v) is 12.6. The minimum absolute atomic E-state index is 0.151. The Morgan fingerprint density at radius 2 is 1.86 bits per heavy atom. The van der Waals surface area contributed by atoms with E-state index < -0.39 is 0 Å². The molecule has 0 atom stereocenters. The Bertz CT molecular complexity index is 475. The van der Waals surface area contributed by atoms with Crippen LogP contribution in [0.25, 0.3) is 0 Å². The van der Waals surface area contributed by atoms with Gasteiger partial charge >= 0.3 is 0 Å². The first kappa shape index (κ1) is 14.4. The van der Waals surface area contributed by atoms with E-state index in [4.69, 9.17) is 9.47 Å². The van der Waals surface area contributed by atoms with Crippen molar-refractivity contribution >= 4 is 5.91 Å². The van der Waals surface area contributed by atoms with Crippen molar-refractivity contribution in [2.45, 2.75) is 38.3 Å². The third-order valence-electron chi connectivity index (χ3n) is 4.35. The maximum Gasteiger partial charge on any atom is 0.226 e. The lowest BCUT2D eigenvalue weighted by Crippen LogP contribution is -2.39. The number of nitrogens with zero attached hydrogens (tertiary/aromatic N) is 1. The van der Waals surface area contributed by atoms with Crippen LogP contribution in [-0.2, 0) is 16.1 Å². The van der Waals surface area contributed by atoms with Crippen LogP contribution in [0.1, 0.15) is 31.2 Å². The number of carbonyl (C=O) groups excluding carboxylic acids is 1. The van der Waals surface area contributed by atoms with Gasteiger partial charge in [-0.15, -0.1) is 0 Å². The summed E-state index contributed by atoms with van der Waals surface area (Å²) in [6, 6.07) is 8.46. The maximum absolute atomic E-state index is 12.8. The largest absolute Gasteiger partial charge is 0.497 e. The fraction of sp³-hybridized carbons (Fsp3) is 0.588. The van der Waals surface area contributed by atoms with Gasteiger partial charge in [0, 0.05) is 31.7 Å². The van der Waals surface area contributed by atoms with Gasteiger partial charge in [-0.1, -0.05) is 12.1 Å². The SMILES string of the molecule is COc1ccc(CN(C(=O)C2CCOCC2)C2CC2)cc1. The van der Waals surface area contributed by atoms with Crippen LogP contribution in [-0.4, -0.2) is 37.2 Å². The number of rotatable bonds is 5. The van der Waals surface area contributed by atoms with Crippen molar-refractivity contribution in [3.05, 3.63) is 29.8 Å². The molecule has 0 bridgehead atoms. The molecular formula is C17H23NO3. The van der Waals surface area contributed by atoms with Gasteiger partial charge in [0.1, 0.15) is 5.75 Å². The molecule has 0 aromatic heterocycles. The number of ether oxygens (including phenoxy) is 2. The second-order valence-corrected chi connectivity index (χ2v) is 5.93. The molecule has 0 unspecified atom stereocenters. The summed E-state index contributed by atoms with van der Waals surface area (Å²) < 4.78 is 10.5. The van der Waals surface area contributed by atoms with Gasteiger partial charge in [-0.2, -0.15) is 0 Å². The number of methoxy groups -OCH3 is 1. The molecule has 114 valence electrons. The molecule has 0 radical (unpaired) electrons. The Morgan fingerprint density at radius 1 is 1.19 bits per heavy atom. The Kier molecular flexibility index (Phi) is 4.44. The van der Waals surface area contributed by atoms with E-state index in [0.29, 0.717) is 18.5 Å². The quantitative estimate of drug-likeness (QED) is 0.836. The smallest absolute Gasteiger partial charge is 0.226 e. The molecule has 1 saturated heterocycles. The van der Waals surface area contributed by atoms with Crippen LogP contribution in [0.5, 0.6) is 5.75 Å². The Hall–Kier alpha value is -1.55. The Morgan fingerprint density at radius 3 is 2.43 bits per heavy atom. The van der Waals surface area contributed by atoms with E-state index in [-0.39, 0.29) is 5.92 Å². The predicted molar refractivity (Wildman–Crippen MR) is 80.1 cm³/mol. The summed E-state index contributed by atoms with van der Waals surface area (Å²) in [5.74, 6) is 1.32. The zero-order chi connectivity index (χ0) is 14.7. The molecule has 2 fully saturated rings. The fourth-order valence-corrected chi connectivity index (χ4v) is 2.88. The molecule has 4 heteroatoms. The average molecular weight is 289 g/mol. The standard InChI is InChI=1S/C17H23NO3/c1-20-16-6-2-13(3-7-16)12-18(15-4-5-15)17(19)14-8-10-21-11-9-14/h2-3,6-7,14-15H,4-5,8-12H2,1H3. The Labute approximate surface area is 126 Å². The molecule has 1 aromatic rings. The first-order chi connectivity index (χ1) is 10.3. The molecule has 0 spiro atoms. The number of hydrogen-bond donors (Lipinski definition) is 0. The van der Waals surface area contributed by atoms with Gasteiger partial charge in [-0.05, 0) is 43.4 Å². The van der Waals surface area contributed by atoms with Crippen molar-refractivity contribution in [1.82, 2.24) is 4.90 Å². The summed E-state index contributed by atoms with van der Waals surface area (Å²) in [5, 5.41) is 0. The van der Waals surface area contributed by atoms with Crippen molar-refractivity contribution in [2.75, 3.05) is 20.3 Å². The molecular weight excluding hydrogens is 266 g/mol. The molecule has 4 nitrogen and oxygen atoms in total. The second-order valence-electron chi connectivity index (χ2n) is 5.93. The minimum atomic E-state index is 0.151. The number of amides is 1. The molecule has 2 aliphatic rings. The maximum atomic E-state index is 12.8. The molecule has 1 saturated carbocycles. The second kappa shape index (κ2) is 6.48. The molecule has 1 aliphatic carbocycles. The van der Waals surface area contributed by atoms with Gasteiger partial charge in [0.15, 0.2) is 0 Å². The lowest BCUT2D eigenvalue weighted by molar-refractivity contribution is -0.139. The number of carbonyl (C=O) groups is 1. The van der Waals surface area contributed by atoms with Crippen LogP contribution in [0.15, 0.2) is 24.3 Å². The lowest BCUT2D eigenvalue weighted by atomic mass is 9.98. The van der Waals surface area contributed by atoms with Crippen LogP contribution in [0.4, 0.5) is 0 Å². The van der Waals surface area contributed by atoms with Gasteiger partial charge in [0.25, 0.3) is 0 Å². The summed E-state index contributed by atoms with van der Waals surface area (Å²) >= 11 is 0. The average Bonchev–Trinajstić information content (AvgIpc) is 3.38. The van der Waals surface area contributed by atoms with Gasteiger partial charge in [-0.25, -0.2) is 0 Å². The summed E-state index contributed by atoms with van der Waals surface area (Å²) in [7, 11) is 1.67. The summed E-state index contributed by atoms with van der Waals surface area (Å²) in [5.41, 5.74) is 1.17. The van der Waals surface area contributed by atoms with Crippen molar-refractivity contribution in [3.8, 4) is 5.75 Å². The summed E-state index contributed by atoms with van der Waals surface area (Å²) in [6.45, 7) is 2.15. The summed E-state index contributed by atoms with van der Waals surface area (Å²) in [6.07, 6.45) is 4.02. The fourth-order valence-electron chi connectivity index (χ4n) is 2.88. The predicted octanol–water partition coefficient (Wildman–Crippen LogP) is 2.61. The molecule has 21 heavy (non-hydrogen) atoms. The number of hydrogen-bond acceptors (Lipinski definition) is 3. The zero-order valence-electron chi connectivity index (χ0n) is 12.6. The highest BCUT2D eigenvalue weighted by atomic mass is 16.5. The van der Waals surface area contributed by atoms with Crippen LogP contribution in [0, 0.1) is 5.92 Å². The molecule has 1 amide bonds. The van der Waals surface area contributed by atoms with Gasteiger partial charge < -0.3 is 14.4 Å². The first-order valence-corrected chi connectivity index (χ1v) is 7.79. The van der Waals surface area contributed by atoms with E-state index in [9.17, 15) is 4.79 Å². The molecule has 1 aliphatic heterocycles. The van der Waals surface area contributed by atoms with E-state index in [0.717, 1.165) is 44.6 Å². The van der Waals surface area contributed by atoms with Crippen molar-refractivity contribution in [1.29, 1.82) is 0 Å². The Balaban J connectivity index is 1.67. The van der Waals surface area contributed by atoms with Gasteiger partial charge in [0.05, 0.1) is 7.11 Å². The monoisotopic (exact) mass is 289 g/mol. The highest BCUT2D eigenvalue weighted by Gasteiger charge is 2.36. The third kappa shape index (κ3) is 3.56. The van der Waals surface area contributed by atoms with Crippen LogP contribution in [0.2, 0.25) is 0 Å². The molecule has 1 heterocycles. The van der Waals surface area contributed by atoms with Crippen LogP contribution in [0.3, 0.4) is 0 Å². The minimum Gasteiger partial charge on any atom is -0.497 e. The van der Waals surface area contributed by atoms with Crippen LogP contribution >= 0.6 is 0 Å². The molecule has 1 aromatic carbocycles. The van der Waals surface area contributed by atoms with E-state index in [1.165, 1.54) is 5.56 Å². The number of benzene rings is 1. The third-order valence-corrected chi connectivity index (χ3v) is 4.35. The van der Waals surface area contributed by atoms with E-state index in [1.807, 2.05) is 24.3 Å². The van der Waals surface area contributed by atoms with Gasteiger partial charge in [-0.3, -0.25) is 4.79 Å².